The Morgan fingerprint density at radius 3 is 2.93 bits per heavy atom. The minimum Gasteiger partial charge on any atom is -0.369 e. The number of nitrogens with zero attached hydrogens (tertiary/aromatic N) is 3. The molecule has 28 heavy (non-hydrogen) atoms. The van der Waals surface area contributed by atoms with Gasteiger partial charge in [-0.15, -0.1) is 0 Å². The summed E-state index contributed by atoms with van der Waals surface area (Å²) in [5.74, 6) is -0.481. The number of H-pyrrole nitrogens is 1. The largest absolute Gasteiger partial charge is 0.369 e. The van der Waals surface area contributed by atoms with Gasteiger partial charge in [-0.05, 0) is 31.0 Å². The van der Waals surface area contributed by atoms with Crippen LogP contribution in [0.5, 0.6) is 0 Å². The van der Waals surface area contributed by atoms with Crippen LogP contribution in [0.3, 0.4) is 0 Å². The van der Waals surface area contributed by atoms with E-state index in [1.807, 2.05) is 26.0 Å². The second-order valence-corrected chi connectivity index (χ2v) is 6.41. The average molecular weight is 383 g/mol. The van der Waals surface area contributed by atoms with Crippen molar-refractivity contribution in [3.05, 3.63) is 48.6 Å². The molecule has 1 aromatic carbocycles. The van der Waals surface area contributed by atoms with Crippen molar-refractivity contribution >= 4 is 34.5 Å². The van der Waals surface area contributed by atoms with Gasteiger partial charge in [0.25, 0.3) is 0 Å². The zero-order valence-electron chi connectivity index (χ0n) is 15.6. The minimum absolute atomic E-state index is 0.0287. The van der Waals surface area contributed by atoms with Gasteiger partial charge in [0, 0.05) is 12.2 Å². The average Bonchev–Trinajstić information content (AvgIpc) is 3.10. The molecule has 5 N–H and O–H groups in total. The number of anilines is 3. The fourth-order valence-electron chi connectivity index (χ4n) is 2.90. The number of hydrogen-bond acceptors (Lipinski definition) is 6. The van der Waals surface area contributed by atoms with E-state index in [1.54, 1.807) is 12.1 Å². The Kier molecular flexibility index (Phi) is 5.83. The van der Waals surface area contributed by atoms with Gasteiger partial charge in [-0.1, -0.05) is 25.1 Å². The van der Waals surface area contributed by atoms with E-state index in [-0.39, 0.29) is 17.7 Å². The van der Waals surface area contributed by atoms with E-state index in [9.17, 15) is 9.18 Å². The molecule has 0 aliphatic rings. The summed E-state index contributed by atoms with van der Waals surface area (Å²) in [7, 11) is 0. The number of hydrogen-bond donors (Lipinski definition) is 4. The molecule has 2 atom stereocenters. The van der Waals surface area contributed by atoms with E-state index < -0.39 is 11.8 Å². The van der Waals surface area contributed by atoms with E-state index in [1.165, 1.54) is 18.5 Å². The van der Waals surface area contributed by atoms with Crippen molar-refractivity contribution in [3.63, 3.8) is 0 Å². The van der Waals surface area contributed by atoms with Gasteiger partial charge in [0.05, 0.1) is 12.2 Å². The number of benzene rings is 1. The van der Waals surface area contributed by atoms with Crippen LogP contribution >= 0.6 is 0 Å². The zero-order chi connectivity index (χ0) is 20.1. The van der Waals surface area contributed by atoms with Crippen LogP contribution in [0.15, 0.2) is 42.7 Å². The first-order valence-electron chi connectivity index (χ1n) is 8.87. The van der Waals surface area contributed by atoms with E-state index in [0.717, 1.165) is 0 Å². The number of imidazole rings is 1. The molecule has 0 aliphatic heterocycles. The quantitative estimate of drug-likeness (QED) is 0.444. The first-order valence-corrected chi connectivity index (χ1v) is 8.87. The predicted octanol–water partition coefficient (Wildman–Crippen LogP) is 2.96. The Hall–Kier alpha value is -3.49. The third-order valence-electron chi connectivity index (χ3n) is 4.35. The number of carbonyl (C=O) groups is 1. The Bertz CT molecular complexity index is 1000. The molecule has 146 valence electrons. The van der Waals surface area contributed by atoms with Gasteiger partial charge < -0.3 is 21.4 Å². The van der Waals surface area contributed by atoms with Crippen LogP contribution in [0.1, 0.15) is 13.8 Å². The molecule has 0 aliphatic carbocycles. The van der Waals surface area contributed by atoms with Crippen LogP contribution in [0, 0.1) is 17.7 Å². The molecular formula is C19H22FN7O. The highest BCUT2D eigenvalue weighted by atomic mass is 19.1. The van der Waals surface area contributed by atoms with Crippen LogP contribution in [-0.4, -0.2) is 32.4 Å². The fourth-order valence-corrected chi connectivity index (χ4v) is 2.90. The molecule has 2 heterocycles. The van der Waals surface area contributed by atoms with Gasteiger partial charge in [-0.3, -0.25) is 4.79 Å². The molecule has 0 unspecified atom stereocenters. The van der Waals surface area contributed by atoms with Crippen molar-refractivity contribution in [2.24, 2.45) is 17.6 Å². The smallest absolute Gasteiger partial charge is 0.231 e. The van der Waals surface area contributed by atoms with Crippen molar-refractivity contribution in [1.29, 1.82) is 0 Å². The first-order chi connectivity index (χ1) is 13.5. The molecular weight excluding hydrogens is 361 g/mol. The van der Waals surface area contributed by atoms with Gasteiger partial charge in [0.2, 0.25) is 11.9 Å². The van der Waals surface area contributed by atoms with Gasteiger partial charge in [0.15, 0.2) is 11.5 Å². The van der Waals surface area contributed by atoms with E-state index in [0.29, 0.717) is 29.2 Å². The highest BCUT2D eigenvalue weighted by molar-refractivity contribution is 5.84. The number of allylic oxidation sites excluding steroid dienone is 2. The standard InChI is InChI=1S/C19H22FN7O/c1-3-5-11(2)14(16(21)28)9-22-17-15-18(24-10-23-15)27-19(26-17)25-13-7-4-6-12(20)8-13/h3-8,10-11,14H,9H2,1-2H3,(H2,21,28)(H3,22,23,24,25,26,27)/b5-3-/t11-,14+/m0/s1. The highest BCUT2D eigenvalue weighted by Crippen LogP contribution is 2.22. The van der Waals surface area contributed by atoms with Gasteiger partial charge in [-0.25, -0.2) is 9.37 Å². The van der Waals surface area contributed by atoms with E-state index >= 15 is 0 Å². The molecule has 1 amide bonds. The van der Waals surface area contributed by atoms with Crippen LogP contribution in [0.25, 0.3) is 11.2 Å². The van der Waals surface area contributed by atoms with E-state index in [2.05, 4.69) is 30.6 Å². The van der Waals surface area contributed by atoms with Crippen molar-refractivity contribution in [2.45, 2.75) is 13.8 Å². The van der Waals surface area contributed by atoms with Crippen molar-refractivity contribution in [1.82, 2.24) is 19.9 Å². The predicted molar refractivity (Wildman–Crippen MR) is 107 cm³/mol. The van der Waals surface area contributed by atoms with Gasteiger partial charge >= 0.3 is 0 Å². The Balaban J connectivity index is 1.85. The molecule has 0 saturated carbocycles. The van der Waals surface area contributed by atoms with Crippen LogP contribution < -0.4 is 16.4 Å². The summed E-state index contributed by atoms with van der Waals surface area (Å²) in [4.78, 5) is 27.7. The molecule has 0 bridgehead atoms. The second kappa shape index (κ2) is 8.47. The number of nitrogens with one attached hydrogen (secondary N) is 3. The molecule has 9 heteroatoms. The summed E-state index contributed by atoms with van der Waals surface area (Å²) < 4.78 is 13.4. The minimum atomic E-state index is -0.413. The van der Waals surface area contributed by atoms with Crippen LogP contribution in [0.4, 0.5) is 21.8 Å². The summed E-state index contributed by atoms with van der Waals surface area (Å²) >= 11 is 0. The summed E-state index contributed by atoms with van der Waals surface area (Å²) in [6.07, 6.45) is 5.32. The SMILES string of the molecule is C/C=C\[C@H](C)[C@@H](CNc1nc(Nc2cccc(F)c2)nc2nc[nH]c12)C(N)=O. The lowest BCUT2D eigenvalue weighted by Crippen LogP contribution is -2.33. The van der Waals surface area contributed by atoms with Crippen LogP contribution in [0.2, 0.25) is 0 Å². The molecule has 0 saturated heterocycles. The Morgan fingerprint density at radius 2 is 2.21 bits per heavy atom. The number of nitrogens with two attached hydrogens (primary N) is 1. The number of rotatable bonds is 8. The number of carbonyl (C=O) groups excluding carboxylic acids is 1. The lowest BCUT2D eigenvalue weighted by atomic mass is 9.93. The lowest BCUT2D eigenvalue weighted by Gasteiger charge is -2.19. The topological polar surface area (TPSA) is 122 Å². The molecule has 0 radical (unpaired) electrons. The zero-order valence-corrected chi connectivity index (χ0v) is 15.6. The maximum absolute atomic E-state index is 13.4. The summed E-state index contributed by atoms with van der Waals surface area (Å²) in [6.45, 7) is 4.12. The third kappa shape index (κ3) is 4.43. The van der Waals surface area contributed by atoms with Crippen molar-refractivity contribution in [2.75, 3.05) is 17.2 Å². The van der Waals surface area contributed by atoms with Crippen molar-refractivity contribution < 1.29 is 9.18 Å². The molecule has 2 aromatic heterocycles. The molecule has 3 rings (SSSR count). The molecule has 3 aromatic rings. The number of amides is 1. The van der Waals surface area contributed by atoms with E-state index in [4.69, 9.17) is 5.73 Å². The monoisotopic (exact) mass is 383 g/mol. The summed E-state index contributed by atoms with van der Waals surface area (Å²) in [5.41, 5.74) is 7.11. The van der Waals surface area contributed by atoms with Gasteiger partial charge in [0.1, 0.15) is 11.3 Å². The second-order valence-electron chi connectivity index (χ2n) is 6.41. The molecule has 0 fully saturated rings. The normalized spacial score (nSPS) is 13.5. The number of primary amides is 1. The van der Waals surface area contributed by atoms with Crippen LogP contribution in [-0.2, 0) is 4.79 Å². The maximum atomic E-state index is 13.4. The highest BCUT2D eigenvalue weighted by Gasteiger charge is 2.22. The number of fused-ring (bicyclic) bond motifs is 1. The maximum Gasteiger partial charge on any atom is 0.231 e. The summed E-state index contributed by atoms with van der Waals surface area (Å²) in [5, 5.41) is 6.12. The fraction of sp³-hybridized carbons (Fsp3) is 0.263. The van der Waals surface area contributed by atoms with Gasteiger partial charge in [-0.2, -0.15) is 9.97 Å². The molecule has 8 nitrogen and oxygen atoms in total. The first kappa shape index (κ1) is 19.3. The Morgan fingerprint density at radius 1 is 1.39 bits per heavy atom. The number of aromatic nitrogens is 4. The van der Waals surface area contributed by atoms with Crippen molar-refractivity contribution in [3.8, 4) is 0 Å². The third-order valence-corrected chi connectivity index (χ3v) is 4.35. The Labute approximate surface area is 161 Å². The summed E-state index contributed by atoms with van der Waals surface area (Å²) in [6, 6.07) is 5.99. The molecule has 0 spiro atoms. The number of aromatic amines is 1. The number of halogens is 1. The lowest BCUT2D eigenvalue weighted by molar-refractivity contribution is -0.122.